The first-order valence-electron chi connectivity index (χ1n) is 19.0. The number of hydrogen-bond donors (Lipinski definition) is 0. The van der Waals surface area contributed by atoms with Gasteiger partial charge in [0.15, 0.2) is 0 Å². The van der Waals surface area contributed by atoms with Gasteiger partial charge in [0.25, 0.3) is 0 Å². The molecule has 0 amide bonds. The largest absolute Gasteiger partial charge is 0.462 e. The topological polar surface area (TPSA) is 105 Å². The van der Waals surface area contributed by atoms with Crippen LogP contribution in [0.4, 0.5) is 0 Å². The molecule has 0 N–H and O–H groups in total. The van der Waals surface area contributed by atoms with Crippen molar-refractivity contribution in [3.05, 3.63) is 70.8 Å². The van der Waals surface area contributed by atoms with E-state index in [0.717, 1.165) is 76.0 Å². The summed E-state index contributed by atoms with van der Waals surface area (Å²) in [5.41, 5.74) is 1.12. The van der Waals surface area contributed by atoms with E-state index in [9.17, 15) is 19.2 Å². The summed E-state index contributed by atoms with van der Waals surface area (Å²) in [6, 6.07) is 13.3. The Morgan fingerprint density at radius 1 is 0.420 bits per heavy atom. The molecule has 0 atom stereocenters. The van der Waals surface area contributed by atoms with Crippen LogP contribution < -0.4 is 0 Å². The maximum Gasteiger partial charge on any atom is 0.339 e. The lowest BCUT2D eigenvalue weighted by Crippen LogP contribution is -2.15. The van der Waals surface area contributed by atoms with Gasteiger partial charge in [0.2, 0.25) is 0 Å². The van der Waals surface area contributed by atoms with E-state index in [1.165, 1.54) is 25.7 Å². The zero-order valence-electron chi connectivity index (χ0n) is 31.8. The van der Waals surface area contributed by atoms with E-state index in [-0.39, 0.29) is 11.1 Å². The molecule has 8 nitrogen and oxygen atoms in total. The van der Waals surface area contributed by atoms with Gasteiger partial charge >= 0.3 is 23.9 Å². The highest BCUT2D eigenvalue weighted by Gasteiger charge is 2.20. The predicted octanol–water partition coefficient (Wildman–Crippen LogP) is 10.8. The number of ether oxygens (including phenoxy) is 4. The van der Waals surface area contributed by atoms with Crippen LogP contribution in [0.3, 0.4) is 0 Å². The second kappa shape index (κ2) is 28.1. The lowest BCUT2D eigenvalue weighted by molar-refractivity contribution is 0.0450. The molecule has 0 aliphatic heterocycles. The average Bonchev–Trinajstić information content (AvgIpc) is 3.10. The average molecular weight is 697 g/mol. The summed E-state index contributed by atoms with van der Waals surface area (Å²) in [5, 5.41) is 0. The molecular weight excluding hydrogens is 632 g/mol. The quantitative estimate of drug-likeness (QED) is 0.0606. The van der Waals surface area contributed by atoms with Crippen LogP contribution >= 0.6 is 0 Å². The molecule has 0 aliphatic carbocycles. The normalized spacial score (nSPS) is 10.7. The highest BCUT2D eigenvalue weighted by atomic mass is 16.5. The first kappa shape index (κ1) is 44.3. The van der Waals surface area contributed by atoms with Gasteiger partial charge in [-0.25, -0.2) is 19.2 Å². The molecule has 2 aromatic rings. The van der Waals surface area contributed by atoms with E-state index < -0.39 is 23.9 Å². The van der Waals surface area contributed by atoms with Gasteiger partial charge in [-0.15, -0.1) is 0 Å². The monoisotopic (exact) mass is 696 g/mol. The Kier molecular flexibility index (Phi) is 24.9. The predicted molar refractivity (Wildman–Crippen MR) is 200 cm³/mol. The van der Waals surface area contributed by atoms with Gasteiger partial charge < -0.3 is 18.9 Å². The molecule has 0 radical (unpaired) electrons. The van der Waals surface area contributed by atoms with Crippen molar-refractivity contribution in [3.63, 3.8) is 0 Å². The molecule has 0 fully saturated rings. The van der Waals surface area contributed by atoms with E-state index in [1.54, 1.807) is 48.5 Å². The zero-order valence-corrected chi connectivity index (χ0v) is 31.8. The maximum absolute atomic E-state index is 12.4. The van der Waals surface area contributed by atoms with Crippen LogP contribution in [0.1, 0.15) is 173 Å². The SMILES string of the molecule is CC(C)CCCCCCOC(=O)c1ccccc1C(=O)OCCCCCCC(C)C.CCCCOC(=O)c1ccccc1C(=O)OCCCC. The third-order valence-corrected chi connectivity index (χ3v) is 8.01. The molecule has 2 rings (SSSR count). The minimum atomic E-state index is -0.471. The summed E-state index contributed by atoms with van der Waals surface area (Å²) < 4.78 is 21.1. The first-order valence-corrected chi connectivity index (χ1v) is 19.0. The number of benzene rings is 2. The fraction of sp³-hybridized carbons (Fsp3) is 0.619. The van der Waals surface area contributed by atoms with E-state index in [4.69, 9.17) is 18.9 Å². The molecule has 0 aliphatic rings. The number of carbonyl (C=O) groups is 4. The molecule has 280 valence electrons. The van der Waals surface area contributed by atoms with Crippen LogP contribution in [0, 0.1) is 11.8 Å². The van der Waals surface area contributed by atoms with Crippen LogP contribution in [0.25, 0.3) is 0 Å². The standard InChI is InChI=1S/C26H42O4.C16H22O4/c1-21(2)15-9-5-7-13-19-29-25(27)23-17-11-12-18-24(23)26(28)30-20-14-8-6-10-16-22(3)4;1-3-5-11-19-15(17)13-9-7-8-10-14(13)16(18)20-12-6-4-2/h11-12,17-18,21-22H,5-10,13-16,19-20H2,1-4H3;7-10H,3-6,11-12H2,1-2H3. The smallest absolute Gasteiger partial charge is 0.339 e. The second-order valence-electron chi connectivity index (χ2n) is 13.5. The minimum absolute atomic E-state index is 0.269. The Morgan fingerprint density at radius 3 is 0.940 bits per heavy atom. The van der Waals surface area contributed by atoms with Crippen molar-refractivity contribution in [3.8, 4) is 0 Å². The molecule has 0 aromatic heterocycles. The maximum atomic E-state index is 12.4. The van der Waals surface area contributed by atoms with Crippen molar-refractivity contribution in [2.75, 3.05) is 26.4 Å². The first-order chi connectivity index (χ1) is 24.1. The van der Waals surface area contributed by atoms with E-state index in [0.29, 0.717) is 37.6 Å². The summed E-state index contributed by atoms with van der Waals surface area (Å²) >= 11 is 0. The van der Waals surface area contributed by atoms with Crippen molar-refractivity contribution >= 4 is 23.9 Å². The summed E-state index contributed by atoms with van der Waals surface area (Å²) in [7, 11) is 0. The van der Waals surface area contributed by atoms with E-state index in [1.807, 2.05) is 13.8 Å². The Labute approximate surface area is 302 Å². The molecule has 0 spiro atoms. The number of carbonyl (C=O) groups excluding carboxylic acids is 4. The number of hydrogen-bond acceptors (Lipinski definition) is 8. The third kappa shape index (κ3) is 20.1. The van der Waals surface area contributed by atoms with Gasteiger partial charge in [-0.05, 0) is 61.8 Å². The van der Waals surface area contributed by atoms with Gasteiger partial charge in [-0.2, -0.15) is 0 Å². The third-order valence-electron chi connectivity index (χ3n) is 8.01. The Balaban J connectivity index is 0.000000542. The summed E-state index contributed by atoms with van der Waals surface area (Å²) in [6.45, 7) is 14.5. The highest BCUT2D eigenvalue weighted by molar-refractivity contribution is 6.03. The summed E-state index contributed by atoms with van der Waals surface area (Å²) in [6.07, 6.45) is 14.6. The van der Waals surface area contributed by atoms with Crippen LogP contribution in [-0.2, 0) is 18.9 Å². The molecule has 0 unspecified atom stereocenters. The van der Waals surface area contributed by atoms with Crippen molar-refractivity contribution < 1.29 is 38.1 Å². The zero-order chi connectivity index (χ0) is 37.0. The summed E-state index contributed by atoms with van der Waals surface area (Å²) in [5.74, 6) is -0.354. The fourth-order valence-corrected chi connectivity index (χ4v) is 4.95. The molecule has 2 aromatic carbocycles. The van der Waals surface area contributed by atoms with Gasteiger partial charge in [-0.1, -0.05) is 130 Å². The van der Waals surface area contributed by atoms with Gasteiger partial charge in [0.1, 0.15) is 0 Å². The number of esters is 4. The molecule has 8 heteroatoms. The molecule has 0 saturated heterocycles. The van der Waals surface area contributed by atoms with Crippen molar-refractivity contribution in [2.24, 2.45) is 11.8 Å². The van der Waals surface area contributed by atoms with Crippen LogP contribution in [0.2, 0.25) is 0 Å². The second-order valence-corrected chi connectivity index (χ2v) is 13.5. The lowest BCUT2D eigenvalue weighted by Gasteiger charge is -2.10. The molecule has 0 bridgehead atoms. The fourth-order valence-electron chi connectivity index (χ4n) is 4.95. The van der Waals surface area contributed by atoms with Crippen molar-refractivity contribution in [1.82, 2.24) is 0 Å². The minimum Gasteiger partial charge on any atom is -0.462 e. The molecule has 50 heavy (non-hydrogen) atoms. The van der Waals surface area contributed by atoms with Crippen LogP contribution in [0.15, 0.2) is 48.5 Å². The summed E-state index contributed by atoms with van der Waals surface area (Å²) in [4.78, 5) is 48.7. The van der Waals surface area contributed by atoms with Gasteiger partial charge in [-0.3, -0.25) is 0 Å². The Morgan fingerprint density at radius 2 is 0.680 bits per heavy atom. The van der Waals surface area contributed by atoms with E-state index in [2.05, 4.69) is 27.7 Å². The van der Waals surface area contributed by atoms with Gasteiger partial charge in [0.05, 0.1) is 48.7 Å². The number of rotatable bonds is 24. The van der Waals surface area contributed by atoms with Crippen LogP contribution in [-0.4, -0.2) is 50.3 Å². The molecule has 0 heterocycles. The lowest BCUT2D eigenvalue weighted by atomic mass is 10.0. The van der Waals surface area contributed by atoms with Gasteiger partial charge in [0, 0.05) is 0 Å². The Bertz CT molecular complexity index is 1140. The van der Waals surface area contributed by atoms with Crippen LogP contribution in [0.5, 0.6) is 0 Å². The van der Waals surface area contributed by atoms with Crippen molar-refractivity contribution in [1.29, 1.82) is 0 Å². The van der Waals surface area contributed by atoms with E-state index >= 15 is 0 Å². The molecule has 0 saturated carbocycles. The van der Waals surface area contributed by atoms with Crippen molar-refractivity contribution in [2.45, 2.75) is 131 Å². The highest BCUT2D eigenvalue weighted by Crippen LogP contribution is 2.16. The number of unbranched alkanes of at least 4 members (excludes halogenated alkanes) is 8. The Hall–Kier alpha value is -3.68. The molecular formula is C42H64O8.